The van der Waals surface area contributed by atoms with E-state index in [-0.39, 0.29) is 0 Å². The summed E-state index contributed by atoms with van der Waals surface area (Å²) in [5, 5.41) is 0. The van der Waals surface area contributed by atoms with Gasteiger partial charge in [-0.3, -0.25) is 9.98 Å². The zero-order valence-corrected chi connectivity index (χ0v) is 18.3. The summed E-state index contributed by atoms with van der Waals surface area (Å²) in [6.07, 6.45) is 18.1. The lowest BCUT2D eigenvalue weighted by Gasteiger charge is -2.04. The fraction of sp³-hybridized carbons (Fsp3) is 0.0690. The molecule has 3 rings (SSSR count). The number of pyridine rings is 1. The van der Waals surface area contributed by atoms with E-state index in [9.17, 15) is 0 Å². The molecule has 0 aliphatic carbocycles. The fourth-order valence-corrected chi connectivity index (χ4v) is 3.16. The molecule has 3 heteroatoms. The van der Waals surface area contributed by atoms with Crippen LogP contribution in [0.15, 0.2) is 132 Å². The first-order chi connectivity index (χ1) is 15.8. The molecule has 0 fully saturated rings. The maximum Gasteiger partial charge on any atom is 0.110 e. The first-order valence-corrected chi connectivity index (χ1v) is 10.5. The first kappa shape index (κ1) is 22.6. The van der Waals surface area contributed by atoms with Crippen molar-refractivity contribution in [1.82, 2.24) is 4.98 Å². The van der Waals surface area contributed by atoms with Crippen molar-refractivity contribution in [3.05, 3.63) is 133 Å². The van der Waals surface area contributed by atoms with Crippen LogP contribution in [-0.4, -0.2) is 24.1 Å². The zero-order valence-electron chi connectivity index (χ0n) is 18.3. The maximum atomic E-state index is 4.51. The van der Waals surface area contributed by atoms with Gasteiger partial charge in [-0.2, -0.15) is 0 Å². The van der Waals surface area contributed by atoms with Crippen molar-refractivity contribution in [2.75, 3.05) is 7.05 Å². The summed E-state index contributed by atoms with van der Waals surface area (Å²) in [7, 11) is 1.72. The first-order valence-electron chi connectivity index (χ1n) is 10.5. The van der Waals surface area contributed by atoms with E-state index < -0.39 is 0 Å². The van der Waals surface area contributed by atoms with E-state index in [0.29, 0.717) is 0 Å². The molecule has 0 saturated carbocycles. The van der Waals surface area contributed by atoms with Crippen LogP contribution < -0.4 is 0 Å². The summed E-state index contributed by atoms with van der Waals surface area (Å²) in [5.74, 6) is 0. The van der Waals surface area contributed by atoms with Crippen LogP contribution in [0.4, 0.5) is 0 Å². The molecule has 158 valence electrons. The third kappa shape index (κ3) is 6.71. The van der Waals surface area contributed by atoms with Crippen LogP contribution in [0.25, 0.3) is 16.7 Å². The number of aliphatic imine (C=N–C) groups is 2. The van der Waals surface area contributed by atoms with Crippen LogP contribution in [-0.2, 0) is 0 Å². The third-order valence-electron chi connectivity index (χ3n) is 4.74. The molecule has 0 radical (unpaired) electrons. The maximum absolute atomic E-state index is 4.51. The summed E-state index contributed by atoms with van der Waals surface area (Å²) < 4.78 is 0. The average molecular weight is 418 g/mol. The predicted octanol–water partition coefficient (Wildman–Crippen LogP) is 6.97. The molecular formula is C29H27N3. The molecule has 0 atom stereocenters. The fourth-order valence-electron chi connectivity index (χ4n) is 3.16. The number of hydrogen-bond acceptors (Lipinski definition) is 2. The molecule has 3 aromatic rings. The van der Waals surface area contributed by atoms with E-state index in [2.05, 4.69) is 76.2 Å². The summed E-state index contributed by atoms with van der Waals surface area (Å²) >= 11 is 0. The molecule has 0 spiro atoms. The second-order valence-electron chi connectivity index (χ2n) is 6.97. The Hall–Kier alpha value is -4.11. The van der Waals surface area contributed by atoms with E-state index in [1.807, 2.05) is 48.7 Å². The van der Waals surface area contributed by atoms with Crippen LogP contribution in [0, 0.1) is 0 Å². The van der Waals surface area contributed by atoms with Crippen molar-refractivity contribution in [2.45, 2.75) is 6.42 Å². The quantitative estimate of drug-likeness (QED) is 0.210. The van der Waals surface area contributed by atoms with Gasteiger partial charge in [0.15, 0.2) is 0 Å². The van der Waals surface area contributed by atoms with Gasteiger partial charge in [0.05, 0.1) is 5.71 Å². The van der Waals surface area contributed by atoms with Crippen molar-refractivity contribution < 1.29 is 0 Å². The summed E-state index contributed by atoms with van der Waals surface area (Å²) in [6, 6.07) is 22.8. The number of benzene rings is 2. The second-order valence-corrected chi connectivity index (χ2v) is 6.97. The molecule has 3 nitrogen and oxygen atoms in total. The molecule has 32 heavy (non-hydrogen) atoms. The van der Waals surface area contributed by atoms with E-state index in [0.717, 1.165) is 28.8 Å². The average Bonchev–Trinajstić information content (AvgIpc) is 2.86. The van der Waals surface area contributed by atoms with Crippen molar-refractivity contribution in [2.24, 2.45) is 9.98 Å². The molecular weight excluding hydrogens is 390 g/mol. The predicted molar refractivity (Wildman–Crippen MR) is 138 cm³/mol. The molecule has 0 amide bonds. The standard InChI is InChI=1S/C29H27N3/c1-3-11-24(28-15-10-21-31-22-28)12-8-5-9-16-29(32-23-30-2)27-19-17-26(18-20-27)25-13-6-4-7-14-25/h3-4,6-23H,1,5H2,2H3/b12-8-,16-9+,24-11+,30-23-,32-29+. The van der Waals surface area contributed by atoms with E-state index in [4.69, 9.17) is 0 Å². The Bertz CT molecular complexity index is 1130. The summed E-state index contributed by atoms with van der Waals surface area (Å²) in [4.78, 5) is 12.7. The lowest BCUT2D eigenvalue weighted by Crippen LogP contribution is -1.97. The van der Waals surface area contributed by atoms with Crippen molar-refractivity contribution in [1.29, 1.82) is 0 Å². The molecule has 1 aromatic heterocycles. The lowest BCUT2D eigenvalue weighted by atomic mass is 10.0. The number of hydrogen-bond donors (Lipinski definition) is 0. The normalized spacial score (nSPS) is 12.8. The van der Waals surface area contributed by atoms with Gasteiger partial charge in [0.2, 0.25) is 0 Å². The minimum absolute atomic E-state index is 0.777. The molecule has 0 saturated heterocycles. The lowest BCUT2D eigenvalue weighted by molar-refractivity contribution is 1.31. The van der Waals surface area contributed by atoms with Gasteiger partial charge in [-0.15, -0.1) is 0 Å². The molecule has 0 N–H and O–H groups in total. The third-order valence-corrected chi connectivity index (χ3v) is 4.74. The van der Waals surface area contributed by atoms with Gasteiger partial charge >= 0.3 is 0 Å². The van der Waals surface area contributed by atoms with Crippen LogP contribution in [0.5, 0.6) is 0 Å². The van der Waals surface area contributed by atoms with Crippen LogP contribution >= 0.6 is 0 Å². The van der Waals surface area contributed by atoms with E-state index in [1.54, 1.807) is 25.7 Å². The zero-order chi connectivity index (χ0) is 22.4. The topological polar surface area (TPSA) is 37.6 Å². The van der Waals surface area contributed by atoms with Gasteiger partial charge in [0.25, 0.3) is 0 Å². The molecule has 0 aliphatic rings. The van der Waals surface area contributed by atoms with Crippen LogP contribution in [0.1, 0.15) is 17.5 Å². The van der Waals surface area contributed by atoms with Gasteiger partial charge in [-0.25, -0.2) is 4.99 Å². The number of allylic oxidation sites excluding steroid dienone is 7. The molecule has 0 unspecified atom stereocenters. The number of rotatable bonds is 9. The highest BCUT2D eigenvalue weighted by molar-refractivity contribution is 6.11. The Morgan fingerprint density at radius 2 is 1.62 bits per heavy atom. The van der Waals surface area contributed by atoms with Gasteiger partial charge < -0.3 is 0 Å². The molecule has 2 aromatic carbocycles. The number of aromatic nitrogens is 1. The largest absolute Gasteiger partial charge is 0.277 e. The van der Waals surface area contributed by atoms with Gasteiger partial charge in [-0.1, -0.05) is 97.6 Å². The highest BCUT2D eigenvalue weighted by Crippen LogP contribution is 2.20. The van der Waals surface area contributed by atoms with Gasteiger partial charge in [0.1, 0.15) is 6.34 Å². The Kier molecular flexibility index (Phi) is 8.86. The Balaban J connectivity index is 1.71. The Morgan fingerprint density at radius 3 is 2.31 bits per heavy atom. The smallest absolute Gasteiger partial charge is 0.110 e. The monoisotopic (exact) mass is 417 g/mol. The number of nitrogens with zero attached hydrogens (tertiary/aromatic N) is 3. The van der Waals surface area contributed by atoms with Crippen LogP contribution in [0.2, 0.25) is 0 Å². The van der Waals surface area contributed by atoms with E-state index in [1.165, 1.54) is 11.1 Å². The summed E-state index contributed by atoms with van der Waals surface area (Å²) in [5.41, 5.74) is 6.44. The van der Waals surface area contributed by atoms with Crippen molar-refractivity contribution in [3.63, 3.8) is 0 Å². The molecule has 0 aliphatic heterocycles. The van der Waals surface area contributed by atoms with Crippen molar-refractivity contribution in [3.8, 4) is 11.1 Å². The van der Waals surface area contributed by atoms with Gasteiger partial charge in [0, 0.05) is 25.0 Å². The molecule has 1 heterocycles. The minimum Gasteiger partial charge on any atom is -0.277 e. The Labute approximate surface area is 190 Å². The molecule has 0 bridgehead atoms. The SMILES string of the molecule is C=C/C=C(\C=C/C/C=C/C(=N\C=N/C)c1ccc(-c2ccccc2)cc1)c1cccnc1. The minimum atomic E-state index is 0.777. The highest BCUT2D eigenvalue weighted by Gasteiger charge is 2.01. The van der Waals surface area contributed by atoms with Crippen molar-refractivity contribution >= 4 is 17.6 Å². The second kappa shape index (κ2) is 12.6. The van der Waals surface area contributed by atoms with E-state index >= 15 is 0 Å². The summed E-state index contributed by atoms with van der Waals surface area (Å²) in [6.45, 7) is 3.81. The van der Waals surface area contributed by atoms with Gasteiger partial charge in [-0.05, 0) is 40.8 Å². The Morgan fingerprint density at radius 1 is 0.875 bits per heavy atom. The highest BCUT2D eigenvalue weighted by atomic mass is 14.8. The van der Waals surface area contributed by atoms with Crippen LogP contribution in [0.3, 0.4) is 0 Å².